The number of hydrogen-bond acceptors (Lipinski definition) is 5. The Morgan fingerprint density at radius 2 is 2.15 bits per heavy atom. The van der Waals surface area contributed by atoms with E-state index < -0.39 is 22.0 Å². The van der Waals surface area contributed by atoms with Crippen molar-refractivity contribution in [2.24, 2.45) is 5.73 Å². The first-order chi connectivity index (χ1) is 5.87. The average Bonchev–Trinajstić information content (AvgIpc) is 1.96. The molecule has 0 aliphatic rings. The van der Waals surface area contributed by atoms with Gasteiger partial charge in [0.15, 0.2) is 0 Å². The Hall–Kier alpha value is -0.270. The summed E-state index contributed by atoms with van der Waals surface area (Å²) in [6.45, 7) is 0. The lowest BCUT2D eigenvalue weighted by Gasteiger charge is -2.09. The second-order valence-electron chi connectivity index (χ2n) is 2.63. The molecule has 13 heavy (non-hydrogen) atoms. The van der Waals surface area contributed by atoms with Gasteiger partial charge in [0.25, 0.3) is 0 Å². The van der Waals surface area contributed by atoms with E-state index in [0.29, 0.717) is 6.42 Å². The number of carbonyl (C=O) groups is 1. The molecule has 0 spiro atoms. The molecule has 0 saturated heterocycles. The van der Waals surface area contributed by atoms with Crippen molar-refractivity contribution in [2.45, 2.75) is 12.5 Å². The molecule has 0 rings (SSSR count). The fraction of sp³-hybridized carbons (Fsp3) is 0.833. The van der Waals surface area contributed by atoms with Crippen molar-refractivity contribution in [3.63, 3.8) is 0 Å². The monoisotopic (exact) mass is 226 g/mol. The van der Waals surface area contributed by atoms with Gasteiger partial charge in [0.2, 0.25) is 15.9 Å². The molecule has 0 fully saturated rings. The molecule has 0 aromatic rings. The predicted molar refractivity (Wildman–Crippen MR) is 54.0 cm³/mol. The standard InChI is InChI=1S/C6H14N2O3S2/c1-12-4-3-5(7)6(9)8-13(2,10)11/h5H,3-4,7H2,1-2H3,(H,8,9)/t5-/m1/s1. The maximum absolute atomic E-state index is 11.0. The first kappa shape index (κ1) is 12.7. The van der Waals surface area contributed by atoms with E-state index in [2.05, 4.69) is 0 Å². The van der Waals surface area contributed by atoms with Gasteiger partial charge in [-0.15, -0.1) is 0 Å². The normalized spacial score (nSPS) is 13.8. The molecule has 1 atom stereocenters. The second-order valence-corrected chi connectivity index (χ2v) is 5.36. The van der Waals surface area contributed by atoms with Crippen LogP contribution in [0.1, 0.15) is 6.42 Å². The van der Waals surface area contributed by atoms with Crippen LogP contribution in [0, 0.1) is 0 Å². The Kier molecular flexibility index (Phi) is 5.34. The van der Waals surface area contributed by atoms with E-state index in [1.165, 1.54) is 0 Å². The topological polar surface area (TPSA) is 89.3 Å². The Morgan fingerprint density at radius 3 is 2.54 bits per heavy atom. The van der Waals surface area contributed by atoms with Crippen LogP contribution in [0.5, 0.6) is 0 Å². The molecule has 3 N–H and O–H groups in total. The molecule has 0 aliphatic carbocycles. The summed E-state index contributed by atoms with van der Waals surface area (Å²) in [5.41, 5.74) is 5.42. The minimum Gasteiger partial charge on any atom is -0.320 e. The summed E-state index contributed by atoms with van der Waals surface area (Å²) in [6.07, 6.45) is 3.29. The van der Waals surface area contributed by atoms with Gasteiger partial charge in [-0.1, -0.05) is 0 Å². The third-order valence-electron chi connectivity index (χ3n) is 1.26. The lowest BCUT2D eigenvalue weighted by atomic mass is 10.2. The predicted octanol–water partition coefficient (Wildman–Crippen LogP) is -0.857. The second kappa shape index (κ2) is 5.46. The number of carbonyl (C=O) groups excluding carboxylic acids is 1. The molecule has 5 nitrogen and oxygen atoms in total. The molecule has 0 bridgehead atoms. The van der Waals surface area contributed by atoms with Crippen LogP contribution in [0.25, 0.3) is 0 Å². The lowest BCUT2D eigenvalue weighted by molar-refractivity contribution is -0.120. The van der Waals surface area contributed by atoms with Gasteiger partial charge in [0.1, 0.15) is 0 Å². The molecule has 0 aromatic heterocycles. The van der Waals surface area contributed by atoms with Crippen molar-refractivity contribution < 1.29 is 13.2 Å². The molecular weight excluding hydrogens is 212 g/mol. The summed E-state index contributed by atoms with van der Waals surface area (Å²) in [5, 5.41) is 0. The molecule has 0 saturated carbocycles. The number of amides is 1. The van der Waals surface area contributed by atoms with Gasteiger partial charge in [-0.05, 0) is 18.4 Å². The molecule has 0 aromatic carbocycles. The summed E-state index contributed by atoms with van der Waals surface area (Å²) >= 11 is 1.56. The highest BCUT2D eigenvalue weighted by atomic mass is 32.2. The third-order valence-corrected chi connectivity index (χ3v) is 2.47. The van der Waals surface area contributed by atoms with E-state index in [9.17, 15) is 13.2 Å². The molecule has 0 radical (unpaired) electrons. The fourth-order valence-electron chi connectivity index (χ4n) is 0.634. The van der Waals surface area contributed by atoms with Gasteiger partial charge in [-0.25, -0.2) is 8.42 Å². The summed E-state index contributed by atoms with van der Waals surface area (Å²) in [5.74, 6) is 0.0924. The zero-order valence-electron chi connectivity index (χ0n) is 7.61. The highest BCUT2D eigenvalue weighted by Gasteiger charge is 2.16. The van der Waals surface area contributed by atoms with Crippen molar-refractivity contribution in [3.05, 3.63) is 0 Å². The van der Waals surface area contributed by atoms with Crippen molar-refractivity contribution in [1.82, 2.24) is 4.72 Å². The number of rotatable bonds is 5. The smallest absolute Gasteiger partial charge is 0.250 e. The van der Waals surface area contributed by atoms with Crippen molar-refractivity contribution in [1.29, 1.82) is 0 Å². The Bertz CT molecular complexity index is 263. The maximum atomic E-state index is 11.0. The summed E-state index contributed by atoms with van der Waals surface area (Å²) in [4.78, 5) is 11.0. The molecule has 0 aliphatic heterocycles. The van der Waals surface area contributed by atoms with Gasteiger partial charge in [-0.3, -0.25) is 9.52 Å². The molecule has 1 amide bonds. The van der Waals surface area contributed by atoms with E-state index >= 15 is 0 Å². The van der Waals surface area contributed by atoms with E-state index in [1.807, 2.05) is 11.0 Å². The number of sulfonamides is 1. The summed E-state index contributed by atoms with van der Waals surface area (Å²) < 4.78 is 23.1. The number of nitrogens with one attached hydrogen (secondary N) is 1. The Balaban J connectivity index is 3.97. The first-order valence-corrected chi connectivity index (χ1v) is 6.91. The van der Waals surface area contributed by atoms with Crippen molar-refractivity contribution in [3.8, 4) is 0 Å². The van der Waals surface area contributed by atoms with Gasteiger partial charge in [0.05, 0.1) is 12.3 Å². The lowest BCUT2D eigenvalue weighted by Crippen LogP contribution is -2.43. The Morgan fingerprint density at radius 1 is 1.62 bits per heavy atom. The molecule has 78 valence electrons. The van der Waals surface area contributed by atoms with Crippen molar-refractivity contribution >= 4 is 27.7 Å². The zero-order valence-corrected chi connectivity index (χ0v) is 9.24. The van der Waals surface area contributed by atoms with E-state index in [0.717, 1.165) is 12.0 Å². The van der Waals surface area contributed by atoms with Gasteiger partial charge in [-0.2, -0.15) is 11.8 Å². The quantitative estimate of drug-likeness (QED) is 0.637. The SMILES string of the molecule is CSCC[C@@H](N)C(=O)NS(C)(=O)=O. The number of hydrogen-bond donors (Lipinski definition) is 2. The van der Waals surface area contributed by atoms with Gasteiger partial charge in [0, 0.05) is 0 Å². The van der Waals surface area contributed by atoms with E-state index in [4.69, 9.17) is 5.73 Å². The van der Waals surface area contributed by atoms with Crippen LogP contribution in [0.2, 0.25) is 0 Å². The highest BCUT2D eigenvalue weighted by Crippen LogP contribution is 1.98. The maximum Gasteiger partial charge on any atom is 0.250 e. The van der Waals surface area contributed by atoms with Gasteiger partial charge < -0.3 is 5.73 Å². The van der Waals surface area contributed by atoms with Crippen LogP contribution in [-0.2, 0) is 14.8 Å². The van der Waals surface area contributed by atoms with Crippen LogP contribution >= 0.6 is 11.8 Å². The van der Waals surface area contributed by atoms with Crippen LogP contribution in [0.4, 0.5) is 0 Å². The van der Waals surface area contributed by atoms with Crippen molar-refractivity contribution in [2.75, 3.05) is 18.3 Å². The first-order valence-electron chi connectivity index (χ1n) is 3.63. The summed E-state index contributed by atoms with van der Waals surface area (Å²) in [6, 6.07) is -0.748. The third kappa shape index (κ3) is 6.85. The fourth-order valence-corrected chi connectivity index (χ4v) is 1.64. The van der Waals surface area contributed by atoms with Gasteiger partial charge >= 0.3 is 0 Å². The summed E-state index contributed by atoms with van der Waals surface area (Å²) in [7, 11) is -3.48. The van der Waals surface area contributed by atoms with Crippen LogP contribution in [-0.4, -0.2) is 38.6 Å². The van der Waals surface area contributed by atoms with Crippen LogP contribution in [0.15, 0.2) is 0 Å². The van der Waals surface area contributed by atoms with E-state index in [-0.39, 0.29) is 0 Å². The number of nitrogens with two attached hydrogens (primary N) is 1. The Labute approximate surface area is 82.5 Å². The molecular formula is C6H14N2O3S2. The minimum atomic E-state index is -3.48. The molecule has 7 heteroatoms. The van der Waals surface area contributed by atoms with Crippen LogP contribution < -0.4 is 10.5 Å². The highest BCUT2D eigenvalue weighted by molar-refractivity contribution is 7.98. The van der Waals surface area contributed by atoms with Crippen LogP contribution in [0.3, 0.4) is 0 Å². The molecule has 0 heterocycles. The zero-order chi connectivity index (χ0) is 10.5. The van der Waals surface area contributed by atoms with E-state index in [1.54, 1.807) is 11.8 Å². The largest absolute Gasteiger partial charge is 0.320 e. The average molecular weight is 226 g/mol. The minimum absolute atomic E-state index is 0.475. The number of thioether (sulfide) groups is 1. The molecule has 0 unspecified atom stereocenters.